The molecule has 0 radical (unpaired) electrons. The van der Waals surface area contributed by atoms with Gasteiger partial charge in [0.2, 0.25) is 23.6 Å². The normalized spacial score (nSPS) is 19.5. The number of para-hydroxylation sites is 4. The molecular formula is C71H95N8O6S2+. The average Bonchev–Trinajstić information content (AvgIpc) is 1.55. The number of hydrogen-bond acceptors (Lipinski definition) is 10. The van der Waals surface area contributed by atoms with Crippen molar-refractivity contribution in [3.05, 3.63) is 172 Å². The van der Waals surface area contributed by atoms with E-state index in [0.29, 0.717) is 49.3 Å². The first kappa shape index (κ1) is 71.8. The topological polar surface area (TPSA) is 165 Å². The van der Waals surface area contributed by atoms with E-state index in [-0.39, 0.29) is 130 Å². The Hall–Kier alpha value is -7.69. The highest BCUT2D eigenvalue weighted by atomic mass is 32.2. The van der Waals surface area contributed by atoms with E-state index in [0.717, 1.165) is 120 Å². The number of anilines is 4. The number of amides is 4. The highest BCUT2D eigenvalue weighted by Gasteiger charge is 2.75. The first-order valence-corrected chi connectivity index (χ1v) is 29.6. The Kier molecular flexibility index (Phi) is 24.2. The molecule has 5 aromatic rings. The van der Waals surface area contributed by atoms with Crippen molar-refractivity contribution in [3.63, 3.8) is 0 Å². The molecule has 1 aromatic heterocycles. The first-order valence-electron chi connectivity index (χ1n) is 27.6. The van der Waals surface area contributed by atoms with E-state index in [4.69, 9.17) is 0 Å². The highest BCUT2D eigenvalue weighted by molar-refractivity contribution is 8.13. The molecule has 0 bridgehead atoms. The number of nitrogens with one attached hydrogen (secondary N) is 4. The second-order valence-electron chi connectivity index (χ2n) is 21.1. The maximum atomic E-state index is 13.9. The van der Waals surface area contributed by atoms with Crippen LogP contribution in [0.3, 0.4) is 0 Å². The molecule has 12 rings (SSSR count). The number of rotatable bonds is 18. The zero-order valence-corrected chi connectivity index (χ0v) is 46.4. The fourth-order valence-corrected chi connectivity index (χ4v) is 14.7. The summed E-state index contributed by atoms with van der Waals surface area (Å²) in [5.74, 6) is -0.901. The number of thioether (sulfide) groups is 2. The lowest BCUT2D eigenvalue weighted by atomic mass is 9.78. The van der Waals surface area contributed by atoms with Gasteiger partial charge in [-0.25, -0.2) is 4.57 Å². The summed E-state index contributed by atoms with van der Waals surface area (Å²) in [6.45, 7) is 7.04. The molecule has 5 atom stereocenters. The molecular weight excluding hydrogens is 1120 g/mol. The molecule has 4 aromatic carbocycles. The molecule has 7 aliphatic rings. The minimum atomic E-state index is -1.03. The number of aromatic nitrogens is 1. The minimum Gasteiger partial charge on any atom is -0.326 e. The van der Waals surface area contributed by atoms with Crippen LogP contribution in [0.25, 0.3) is 16.7 Å². The molecule has 1 spiro atoms. The van der Waals surface area contributed by atoms with Gasteiger partial charge in [-0.3, -0.25) is 38.6 Å². The Bertz CT molecular complexity index is 3710. The van der Waals surface area contributed by atoms with Gasteiger partial charge in [-0.1, -0.05) is 182 Å². The fraction of sp³-hybridized carbons (Fsp3) is 0.394. The zero-order chi connectivity index (χ0) is 54.7. The molecule has 466 valence electrons. The summed E-state index contributed by atoms with van der Waals surface area (Å²) < 4.78 is 5.23. The van der Waals surface area contributed by atoms with E-state index in [1.54, 1.807) is 0 Å². The van der Waals surface area contributed by atoms with Crippen LogP contribution in [-0.2, 0) is 34.7 Å². The Balaban J connectivity index is 0.00000202. The largest absolute Gasteiger partial charge is 0.417 e. The molecule has 87 heavy (non-hydrogen) atoms. The lowest BCUT2D eigenvalue weighted by Gasteiger charge is -2.61. The molecule has 8 heterocycles. The van der Waals surface area contributed by atoms with Gasteiger partial charge >= 0.3 is 5.91 Å². The van der Waals surface area contributed by atoms with Crippen molar-refractivity contribution in [2.75, 3.05) is 32.8 Å². The summed E-state index contributed by atoms with van der Waals surface area (Å²) in [7, 11) is 0. The third kappa shape index (κ3) is 12.1. The van der Waals surface area contributed by atoms with Gasteiger partial charge in [-0.05, 0) is 67.3 Å². The van der Waals surface area contributed by atoms with Gasteiger partial charge in [-0.15, -0.1) is 0 Å². The molecule has 1 saturated heterocycles. The van der Waals surface area contributed by atoms with Crippen molar-refractivity contribution in [2.24, 2.45) is 0 Å². The van der Waals surface area contributed by atoms with Crippen molar-refractivity contribution in [1.82, 2.24) is 14.4 Å². The number of allylic oxidation sites excluding steroid dienone is 2. The quantitative estimate of drug-likeness (QED) is 0.0621. The van der Waals surface area contributed by atoms with Crippen LogP contribution in [0, 0.1) is 0 Å². The SMILES string of the molecule is C.C.C.C.C.C.C.C.CCCC(=O)Nc1ccccc1C1=c2ccc3n2C24N5C(=C(c6ccccc6NC(=O)CCSC(C)=O)C6=CCC([C@H](c7ccccc7NC(=O)CCSC(C)=O)[C@@H]7CCC1=[N+]72)N64)C=CC5C=3c1ccccc1NC(=O)CCC. The standard InChI is InChI=1S/C63H62N8O6S2.8CH4/c1-5-15-55(74)64-43-21-11-7-17-39(43)59-47-25-26-48-60(40-18-8-12-22-44(40)65-56(75)16-6-2)50-28-30-52-62(42-20-10-14-24-46(42)67-58(77)34-36-79-38(4)73)54-32-31-53-61(41-19-9-13-23-45(41)66-57(76)33-35-78-37(3)72)51-29-27-49(59)69(51)63(68(47)48,70(50)52)71(53)54;;;;;;;;/h7-14,17-27,29,31,49,52,54,62H,5-6,15-16,28,30,32-36H2,1-4H3,(H3,65,66,67,75,76,77);8*1H4/p+1/t49?,52-,54?,62+,63?;;;;;;;;/m0......../s1. The van der Waals surface area contributed by atoms with E-state index in [9.17, 15) is 28.8 Å². The van der Waals surface area contributed by atoms with E-state index < -0.39 is 5.91 Å². The third-order valence-electron chi connectivity index (χ3n) is 16.3. The van der Waals surface area contributed by atoms with Crippen molar-refractivity contribution in [2.45, 2.75) is 175 Å². The Morgan fingerprint density at radius 1 is 0.563 bits per heavy atom. The van der Waals surface area contributed by atoms with Gasteiger partial charge < -0.3 is 21.3 Å². The predicted molar refractivity (Wildman–Crippen MR) is 367 cm³/mol. The van der Waals surface area contributed by atoms with E-state index >= 15 is 0 Å². The van der Waals surface area contributed by atoms with Crippen molar-refractivity contribution < 1.29 is 33.3 Å². The van der Waals surface area contributed by atoms with Crippen molar-refractivity contribution in [3.8, 4) is 0 Å². The van der Waals surface area contributed by atoms with Crippen LogP contribution in [-0.4, -0.2) is 88.1 Å². The molecule has 4 N–H and O–H groups in total. The zero-order valence-electron chi connectivity index (χ0n) is 44.8. The van der Waals surface area contributed by atoms with Gasteiger partial charge in [0.15, 0.2) is 22.0 Å². The van der Waals surface area contributed by atoms with Crippen LogP contribution in [0.4, 0.5) is 22.7 Å². The van der Waals surface area contributed by atoms with E-state index in [1.807, 2.05) is 80.6 Å². The average molecular weight is 1220 g/mol. The summed E-state index contributed by atoms with van der Waals surface area (Å²) in [6, 6.07) is 36.2. The Labute approximate surface area is 526 Å². The number of carbonyl (C=O) groups is 6. The van der Waals surface area contributed by atoms with Crippen LogP contribution >= 0.6 is 23.5 Å². The molecule has 7 aliphatic heterocycles. The maximum Gasteiger partial charge on any atom is 0.417 e. The molecule has 4 amide bonds. The lowest BCUT2D eigenvalue weighted by molar-refractivity contribution is -0.736. The predicted octanol–water partition coefficient (Wildman–Crippen LogP) is 14.3. The number of hydrogen-bond donors (Lipinski definition) is 4. The molecule has 3 unspecified atom stereocenters. The van der Waals surface area contributed by atoms with Gasteiger partial charge in [0.25, 0.3) is 0 Å². The van der Waals surface area contributed by atoms with E-state index in [1.165, 1.54) is 13.8 Å². The monoisotopic (exact) mass is 1220 g/mol. The highest BCUT2D eigenvalue weighted by Crippen LogP contribution is 2.63. The van der Waals surface area contributed by atoms with Crippen LogP contribution < -0.4 is 32.0 Å². The van der Waals surface area contributed by atoms with Crippen LogP contribution in [0.1, 0.15) is 173 Å². The van der Waals surface area contributed by atoms with Crippen LogP contribution in [0.2, 0.25) is 0 Å². The van der Waals surface area contributed by atoms with Crippen LogP contribution in [0.15, 0.2) is 139 Å². The first-order chi connectivity index (χ1) is 38.4. The smallest absolute Gasteiger partial charge is 0.326 e. The van der Waals surface area contributed by atoms with Gasteiger partial charge in [0, 0.05) is 114 Å². The minimum absolute atomic E-state index is 0. The Morgan fingerprint density at radius 2 is 1.03 bits per heavy atom. The summed E-state index contributed by atoms with van der Waals surface area (Å²) in [5, 5.41) is 15.1. The number of benzene rings is 4. The van der Waals surface area contributed by atoms with Gasteiger partial charge in [0.1, 0.15) is 0 Å². The number of carbonyl (C=O) groups excluding carboxylic acids is 6. The summed E-state index contributed by atoms with van der Waals surface area (Å²) in [5.41, 5.74) is 12.7. The second-order valence-corrected chi connectivity index (χ2v) is 23.6. The van der Waals surface area contributed by atoms with Gasteiger partial charge in [0.05, 0.1) is 45.7 Å². The number of nitrogens with zero attached hydrogens (tertiary/aromatic N) is 4. The fourth-order valence-electron chi connectivity index (χ4n) is 13.6. The summed E-state index contributed by atoms with van der Waals surface area (Å²) in [6.07, 6.45) is 11.6. The van der Waals surface area contributed by atoms with Crippen molar-refractivity contribution >= 4 is 103 Å². The summed E-state index contributed by atoms with van der Waals surface area (Å²) >= 11 is 2.28. The molecule has 14 nitrogen and oxygen atoms in total. The second kappa shape index (κ2) is 29.3. The third-order valence-corrected chi connectivity index (χ3v) is 17.9. The Morgan fingerprint density at radius 3 is 1.59 bits per heavy atom. The lowest BCUT2D eigenvalue weighted by Crippen LogP contribution is -2.81. The molecule has 1 fully saturated rings. The molecule has 16 heteroatoms. The van der Waals surface area contributed by atoms with Crippen molar-refractivity contribution in [1.29, 1.82) is 0 Å². The maximum absolute atomic E-state index is 13.9. The van der Waals surface area contributed by atoms with E-state index in [2.05, 4.69) is 101 Å². The molecule has 0 saturated carbocycles. The van der Waals surface area contributed by atoms with Crippen LogP contribution in [0.5, 0.6) is 0 Å². The molecule has 0 aliphatic carbocycles. The van der Waals surface area contributed by atoms with Gasteiger partial charge in [-0.2, -0.15) is 4.58 Å². The summed E-state index contributed by atoms with van der Waals surface area (Å²) in [4.78, 5) is 84.1.